The minimum Gasteiger partial charge on any atom is -0.420 e. The van der Waals surface area contributed by atoms with E-state index in [9.17, 15) is 9.46 Å². The Labute approximate surface area is 99.2 Å². The second kappa shape index (κ2) is 3.46. The molecule has 0 saturated carbocycles. The van der Waals surface area contributed by atoms with Gasteiger partial charge in [0.15, 0.2) is 0 Å². The Morgan fingerprint density at radius 1 is 1.06 bits per heavy atom. The van der Waals surface area contributed by atoms with Gasteiger partial charge >= 0.3 is 7.60 Å². The van der Waals surface area contributed by atoms with Crippen molar-refractivity contribution in [3.63, 3.8) is 0 Å². The lowest BCUT2D eigenvalue weighted by Gasteiger charge is -2.25. The van der Waals surface area contributed by atoms with E-state index < -0.39 is 7.60 Å². The molecule has 1 aliphatic rings. The van der Waals surface area contributed by atoms with Crippen LogP contribution < -0.4 is 9.83 Å². The topological polar surface area (TPSA) is 46.5 Å². The van der Waals surface area contributed by atoms with E-state index in [4.69, 9.17) is 4.52 Å². The second-order valence-corrected chi connectivity index (χ2v) is 5.79. The molecule has 0 aliphatic carbocycles. The first kappa shape index (κ1) is 10.6. The van der Waals surface area contributed by atoms with Gasteiger partial charge in [0.2, 0.25) is 0 Å². The lowest BCUT2D eigenvalue weighted by Crippen LogP contribution is -2.17. The van der Waals surface area contributed by atoms with Crippen molar-refractivity contribution in [3.05, 3.63) is 48.0 Å². The van der Waals surface area contributed by atoms with Crippen LogP contribution in [0.1, 0.15) is 5.56 Å². The molecule has 2 aromatic carbocycles. The van der Waals surface area contributed by atoms with E-state index in [1.165, 1.54) is 0 Å². The molecular weight excluding hydrogens is 235 g/mol. The molecule has 1 atom stereocenters. The Bertz CT molecular complexity index is 649. The van der Waals surface area contributed by atoms with Crippen molar-refractivity contribution in [2.24, 2.45) is 0 Å². The fourth-order valence-electron chi connectivity index (χ4n) is 2.11. The molecule has 0 fully saturated rings. The van der Waals surface area contributed by atoms with Crippen LogP contribution in [0.4, 0.5) is 0 Å². The maximum Gasteiger partial charge on any atom is 0.408 e. The van der Waals surface area contributed by atoms with Gasteiger partial charge in [-0.15, -0.1) is 0 Å². The lowest BCUT2D eigenvalue weighted by molar-refractivity contribution is 0.391. The van der Waals surface area contributed by atoms with Crippen LogP contribution in [0, 0.1) is 6.92 Å². The van der Waals surface area contributed by atoms with Crippen LogP contribution in [-0.4, -0.2) is 4.89 Å². The summed E-state index contributed by atoms with van der Waals surface area (Å²) >= 11 is 0. The van der Waals surface area contributed by atoms with Gasteiger partial charge in [0.05, 0.1) is 5.30 Å². The molecule has 0 spiro atoms. The minimum atomic E-state index is -3.74. The van der Waals surface area contributed by atoms with E-state index in [0.717, 1.165) is 16.7 Å². The first-order valence-corrected chi connectivity index (χ1v) is 6.89. The van der Waals surface area contributed by atoms with Crippen molar-refractivity contribution in [1.82, 2.24) is 0 Å². The van der Waals surface area contributed by atoms with E-state index in [0.29, 0.717) is 11.1 Å². The summed E-state index contributed by atoms with van der Waals surface area (Å²) in [6, 6.07) is 12.8. The van der Waals surface area contributed by atoms with Crippen molar-refractivity contribution >= 4 is 12.9 Å². The Kier molecular flexibility index (Phi) is 2.15. The monoisotopic (exact) mass is 246 g/mol. The number of rotatable bonds is 0. The van der Waals surface area contributed by atoms with Crippen molar-refractivity contribution in [2.45, 2.75) is 6.92 Å². The van der Waals surface area contributed by atoms with Crippen LogP contribution in [0.15, 0.2) is 42.5 Å². The highest BCUT2D eigenvalue weighted by molar-refractivity contribution is 7.62. The highest BCUT2D eigenvalue weighted by Gasteiger charge is 2.34. The molecule has 3 nitrogen and oxygen atoms in total. The molecule has 2 aromatic rings. The fraction of sp³-hybridized carbons (Fsp3) is 0.0769. The molecule has 1 heterocycles. The van der Waals surface area contributed by atoms with Crippen LogP contribution in [0.25, 0.3) is 11.1 Å². The molecule has 3 rings (SSSR count). The smallest absolute Gasteiger partial charge is 0.408 e. The Balaban J connectivity index is 2.40. The molecule has 1 unspecified atom stereocenters. The third kappa shape index (κ3) is 1.51. The number of hydrogen-bond donors (Lipinski definition) is 1. The average Bonchev–Trinajstić information content (AvgIpc) is 2.31. The molecule has 1 aliphatic heterocycles. The van der Waals surface area contributed by atoms with Crippen LogP contribution in [0.2, 0.25) is 0 Å². The van der Waals surface area contributed by atoms with E-state index >= 15 is 0 Å². The van der Waals surface area contributed by atoms with Gasteiger partial charge in [0.25, 0.3) is 0 Å². The van der Waals surface area contributed by atoms with Crippen LogP contribution >= 0.6 is 7.60 Å². The van der Waals surface area contributed by atoms with E-state index in [2.05, 4.69) is 0 Å². The minimum absolute atomic E-state index is 0.373. The van der Waals surface area contributed by atoms with Gasteiger partial charge < -0.3 is 9.42 Å². The van der Waals surface area contributed by atoms with Crippen molar-refractivity contribution in [1.29, 1.82) is 0 Å². The van der Waals surface area contributed by atoms with Gasteiger partial charge in [-0.2, -0.15) is 0 Å². The predicted octanol–water partition coefficient (Wildman–Crippen LogP) is 2.87. The molecule has 1 N–H and O–H groups in total. The van der Waals surface area contributed by atoms with Gasteiger partial charge in [0.1, 0.15) is 5.75 Å². The maximum absolute atomic E-state index is 12.1. The molecular formula is C13H11O3P. The molecule has 17 heavy (non-hydrogen) atoms. The zero-order chi connectivity index (χ0) is 12.0. The summed E-state index contributed by atoms with van der Waals surface area (Å²) in [6.45, 7) is 1.87. The van der Waals surface area contributed by atoms with E-state index in [-0.39, 0.29) is 0 Å². The van der Waals surface area contributed by atoms with Crippen molar-refractivity contribution in [3.8, 4) is 16.9 Å². The normalized spacial score (nSPS) is 21.3. The standard InChI is InChI=1S/C13H11O3P/c1-9-5-4-7-11-10-6-2-3-8-12(10)17(14,15)16-13(9)11/h2-8H,1H3,(H,14,15). The summed E-state index contributed by atoms with van der Waals surface area (Å²) in [7, 11) is -3.74. The van der Waals surface area contributed by atoms with Crippen LogP contribution in [0.3, 0.4) is 0 Å². The number of para-hydroxylation sites is 1. The predicted molar refractivity (Wildman–Crippen MR) is 66.7 cm³/mol. The molecule has 0 aromatic heterocycles. The first-order valence-electron chi connectivity index (χ1n) is 5.31. The van der Waals surface area contributed by atoms with E-state index in [1.807, 2.05) is 37.3 Å². The lowest BCUT2D eigenvalue weighted by atomic mass is 10.0. The van der Waals surface area contributed by atoms with Gasteiger partial charge in [-0.05, 0) is 18.6 Å². The third-order valence-corrected chi connectivity index (χ3v) is 4.35. The van der Waals surface area contributed by atoms with E-state index in [1.54, 1.807) is 12.1 Å². The largest absolute Gasteiger partial charge is 0.420 e. The Morgan fingerprint density at radius 3 is 2.59 bits per heavy atom. The number of aryl methyl sites for hydroxylation is 1. The quantitative estimate of drug-likeness (QED) is 0.727. The van der Waals surface area contributed by atoms with Gasteiger partial charge in [-0.3, -0.25) is 0 Å². The van der Waals surface area contributed by atoms with Crippen LogP contribution in [0.5, 0.6) is 5.75 Å². The zero-order valence-electron chi connectivity index (χ0n) is 9.25. The third-order valence-electron chi connectivity index (χ3n) is 2.93. The average molecular weight is 246 g/mol. The molecule has 0 saturated heterocycles. The molecule has 0 radical (unpaired) electrons. The molecule has 4 heteroatoms. The highest BCUT2D eigenvalue weighted by atomic mass is 31.2. The fourth-order valence-corrected chi connectivity index (χ4v) is 3.47. The van der Waals surface area contributed by atoms with Crippen LogP contribution in [-0.2, 0) is 4.57 Å². The molecule has 0 bridgehead atoms. The Morgan fingerprint density at radius 2 is 1.76 bits per heavy atom. The van der Waals surface area contributed by atoms with Gasteiger partial charge in [-0.1, -0.05) is 36.4 Å². The molecule has 86 valence electrons. The van der Waals surface area contributed by atoms with Crippen molar-refractivity contribution < 1.29 is 14.0 Å². The summed E-state index contributed by atoms with van der Waals surface area (Å²) in [6.07, 6.45) is 0. The number of fused-ring (bicyclic) bond motifs is 3. The highest BCUT2D eigenvalue weighted by Crippen LogP contribution is 2.52. The Hall–Kier alpha value is -1.57. The van der Waals surface area contributed by atoms with Gasteiger partial charge in [-0.25, -0.2) is 4.57 Å². The number of benzene rings is 2. The first-order chi connectivity index (χ1) is 8.09. The maximum atomic E-state index is 12.1. The summed E-state index contributed by atoms with van der Waals surface area (Å²) in [4.78, 5) is 9.93. The zero-order valence-corrected chi connectivity index (χ0v) is 10.1. The molecule has 0 amide bonds. The summed E-state index contributed by atoms with van der Waals surface area (Å²) in [5.41, 5.74) is 2.52. The summed E-state index contributed by atoms with van der Waals surface area (Å²) in [5, 5.41) is 0.373. The number of hydrogen-bond acceptors (Lipinski definition) is 2. The van der Waals surface area contributed by atoms with Gasteiger partial charge in [0, 0.05) is 11.1 Å². The summed E-state index contributed by atoms with van der Waals surface area (Å²) in [5.74, 6) is 0.511. The SMILES string of the molecule is Cc1cccc2c1OP(=O)(O)c1ccccc1-2. The second-order valence-electron chi connectivity index (χ2n) is 4.08. The summed E-state index contributed by atoms with van der Waals surface area (Å²) < 4.78 is 17.4. The van der Waals surface area contributed by atoms with Crippen molar-refractivity contribution in [2.75, 3.05) is 0 Å².